The Hall–Kier alpha value is -1.59. The Morgan fingerprint density at radius 1 is 1.27 bits per heavy atom. The number of guanidine groups is 1. The molecule has 2 rings (SSSR count). The van der Waals surface area contributed by atoms with Crippen LogP contribution in [0.1, 0.15) is 63.5 Å². The predicted octanol–water partition coefficient (Wildman–Crippen LogP) is 2.29. The molecule has 22 heavy (non-hydrogen) atoms. The van der Waals surface area contributed by atoms with Gasteiger partial charge in [0.05, 0.1) is 0 Å². The molecule has 1 aromatic rings. The van der Waals surface area contributed by atoms with Crippen LogP contribution >= 0.6 is 0 Å². The van der Waals surface area contributed by atoms with Crippen molar-refractivity contribution in [1.29, 1.82) is 0 Å². The number of aryl methyl sites for hydroxylation is 1. The van der Waals surface area contributed by atoms with E-state index in [0.29, 0.717) is 12.6 Å². The fraction of sp³-hybridized carbons (Fsp3) is 0.812. The molecule has 0 aliphatic heterocycles. The first kappa shape index (κ1) is 16.8. The van der Waals surface area contributed by atoms with E-state index in [1.165, 1.54) is 44.9 Å². The van der Waals surface area contributed by atoms with Crippen molar-refractivity contribution in [2.75, 3.05) is 6.54 Å². The molecule has 0 saturated heterocycles. The van der Waals surface area contributed by atoms with Crippen LogP contribution in [0.25, 0.3) is 0 Å². The minimum atomic E-state index is 0.563. The summed E-state index contributed by atoms with van der Waals surface area (Å²) in [6.07, 6.45) is 8.82. The maximum Gasteiger partial charge on any atom is 0.191 e. The molecule has 6 heteroatoms. The summed E-state index contributed by atoms with van der Waals surface area (Å²) in [5.41, 5.74) is 0. The molecule has 1 aliphatic rings. The normalized spacial score (nSPS) is 16.2. The summed E-state index contributed by atoms with van der Waals surface area (Å²) >= 11 is 0. The molecule has 0 radical (unpaired) electrons. The van der Waals surface area contributed by atoms with Gasteiger partial charge in [-0.2, -0.15) is 0 Å². The van der Waals surface area contributed by atoms with Crippen LogP contribution in [0.2, 0.25) is 0 Å². The number of unbranched alkanes of at least 4 members (excludes halogenated alkanes) is 2. The lowest BCUT2D eigenvalue weighted by Crippen LogP contribution is -2.42. The molecule has 0 unspecified atom stereocenters. The smallest absolute Gasteiger partial charge is 0.191 e. The average Bonchev–Trinajstić information content (AvgIpc) is 3.13. The highest BCUT2D eigenvalue weighted by atomic mass is 15.3. The molecule has 0 atom stereocenters. The van der Waals surface area contributed by atoms with Crippen molar-refractivity contribution in [3.8, 4) is 0 Å². The zero-order chi connectivity index (χ0) is 15.8. The minimum absolute atomic E-state index is 0.563. The highest BCUT2D eigenvalue weighted by molar-refractivity contribution is 5.80. The largest absolute Gasteiger partial charge is 0.356 e. The second-order valence-electron chi connectivity index (χ2n) is 6.15. The lowest BCUT2D eigenvalue weighted by Gasteiger charge is -2.17. The fourth-order valence-electron chi connectivity index (χ4n) is 2.74. The Morgan fingerprint density at radius 3 is 2.68 bits per heavy atom. The van der Waals surface area contributed by atoms with Crippen molar-refractivity contribution in [3.63, 3.8) is 0 Å². The third-order valence-corrected chi connectivity index (χ3v) is 4.33. The van der Waals surface area contributed by atoms with Crippen LogP contribution < -0.4 is 10.6 Å². The highest BCUT2D eigenvalue weighted by Crippen LogP contribution is 2.17. The predicted molar refractivity (Wildman–Crippen MR) is 89.8 cm³/mol. The lowest BCUT2D eigenvalue weighted by molar-refractivity contribution is 0.602. The first-order valence-corrected chi connectivity index (χ1v) is 8.60. The zero-order valence-corrected chi connectivity index (χ0v) is 14.2. The summed E-state index contributed by atoms with van der Waals surface area (Å²) in [7, 11) is 1.99. The van der Waals surface area contributed by atoms with Crippen molar-refractivity contribution < 1.29 is 0 Å². The Labute approximate surface area is 133 Å². The maximum atomic E-state index is 4.70. The van der Waals surface area contributed by atoms with E-state index >= 15 is 0 Å². The number of nitrogens with zero attached hydrogens (tertiary/aromatic N) is 4. The molecular formula is C16H30N6. The van der Waals surface area contributed by atoms with E-state index in [2.05, 4.69) is 27.8 Å². The average molecular weight is 306 g/mol. The van der Waals surface area contributed by atoms with Crippen LogP contribution in [0.15, 0.2) is 4.99 Å². The second kappa shape index (κ2) is 8.76. The molecule has 2 N–H and O–H groups in total. The number of aromatic nitrogens is 3. The van der Waals surface area contributed by atoms with E-state index in [1.807, 2.05) is 18.5 Å². The first-order valence-electron chi connectivity index (χ1n) is 8.60. The Balaban J connectivity index is 1.92. The van der Waals surface area contributed by atoms with Crippen LogP contribution in [-0.4, -0.2) is 33.3 Å². The summed E-state index contributed by atoms with van der Waals surface area (Å²) in [6.45, 7) is 5.72. The number of nitrogens with one attached hydrogen (secondary N) is 2. The lowest BCUT2D eigenvalue weighted by atomic mass is 10.2. The molecule has 0 bridgehead atoms. The van der Waals surface area contributed by atoms with Crippen molar-refractivity contribution in [3.05, 3.63) is 11.6 Å². The van der Waals surface area contributed by atoms with Crippen molar-refractivity contribution in [2.45, 2.75) is 71.4 Å². The monoisotopic (exact) mass is 306 g/mol. The molecule has 1 aromatic heterocycles. The summed E-state index contributed by atoms with van der Waals surface area (Å²) in [5, 5.41) is 15.3. The standard InChI is InChI=1S/C16H30N6/c1-4-5-8-11-17-16(19-14-9-6-7-10-14)18-12-15-21-20-13(2)22(15)3/h14H,4-12H2,1-3H3,(H2,17,18,19). The molecule has 1 saturated carbocycles. The summed E-state index contributed by atoms with van der Waals surface area (Å²) in [4.78, 5) is 4.70. The van der Waals surface area contributed by atoms with Gasteiger partial charge in [0.2, 0.25) is 0 Å². The van der Waals surface area contributed by atoms with Gasteiger partial charge in [0, 0.05) is 19.6 Å². The number of rotatable bonds is 7. The van der Waals surface area contributed by atoms with E-state index in [-0.39, 0.29) is 0 Å². The van der Waals surface area contributed by atoms with Gasteiger partial charge in [-0.3, -0.25) is 0 Å². The zero-order valence-electron chi connectivity index (χ0n) is 14.2. The summed E-state index contributed by atoms with van der Waals surface area (Å²) in [5.74, 6) is 2.74. The van der Waals surface area contributed by atoms with Gasteiger partial charge in [0.25, 0.3) is 0 Å². The molecule has 124 valence electrons. The van der Waals surface area contributed by atoms with E-state index in [9.17, 15) is 0 Å². The number of aliphatic imine (C=N–C) groups is 1. The van der Waals surface area contributed by atoms with Gasteiger partial charge < -0.3 is 15.2 Å². The fourth-order valence-corrected chi connectivity index (χ4v) is 2.74. The Bertz CT molecular complexity index is 473. The molecular weight excluding hydrogens is 276 g/mol. The minimum Gasteiger partial charge on any atom is -0.356 e. The van der Waals surface area contributed by atoms with E-state index in [0.717, 1.165) is 24.2 Å². The third-order valence-electron chi connectivity index (χ3n) is 4.33. The Morgan fingerprint density at radius 2 is 2.05 bits per heavy atom. The van der Waals surface area contributed by atoms with Gasteiger partial charge in [0.1, 0.15) is 12.4 Å². The van der Waals surface area contributed by atoms with Crippen LogP contribution in [-0.2, 0) is 13.6 Å². The first-order chi connectivity index (χ1) is 10.7. The quantitative estimate of drug-likeness (QED) is 0.461. The van der Waals surface area contributed by atoms with Crippen molar-refractivity contribution >= 4 is 5.96 Å². The van der Waals surface area contributed by atoms with Gasteiger partial charge in [-0.1, -0.05) is 32.6 Å². The molecule has 0 aromatic carbocycles. The van der Waals surface area contributed by atoms with Gasteiger partial charge >= 0.3 is 0 Å². The molecule has 0 spiro atoms. The highest BCUT2D eigenvalue weighted by Gasteiger charge is 2.16. The van der Waals surface area contributed by atoms with Crippen molar-refractivity contribution in [2.24, 2.45) is 12.0 Å². The topological polar surface area (TPSA) is 67.1 Å². The molecule has 1 aliphatic carbocycles. The summed E-state index contributed by atoms with van der Waals surface area (Å²) < 4.78 is 1.99. The van der Waals surface area contributed by atoms with Crippen LogP contribution in [0.5, 0.6) is 0 Å². The summed E-state index contributed by atoms with van der Waals surface area (Å²) in [6, 6.07) is 0.568. The second-order valence-corrected chi connectivity index (χ2v) is 6.15. The molecule has 0 amide bonds. The number of hydrogen-bond donors (Lipinski definition) is 2. The van der Waals surface area contributed by atoms with Crippen LogP contribution in [0.4, 0.5) is 0 Å². The molecule has 1 heterocycles. The maximum absolute atomic E-state index is 4.70. The molecule has 6 nitrogen and oxygen atoms in total. The van der Waals surface area contributed by atoms with Gasteiger partial charge in [-0.05, 0) is 26.2 Å². The SMILES string of the molecule is CCCCCNC(=NCc1nnc(C)n1C)NC1CCCC1. The molecule has 1 fully saturated rings. The van der Waals surface area contributed by atoms with Gasteiger partial charge in [0.15, 0.2) is 11.8 Å². The van der Waals surface area contributed by atoms with Crippen LogP contribution in [0, 0.1) is 6.92 Å². The number of hydrogen-bond acceptors (Lipinski definition) is 3. The third kappa shape index (κ3) is 5.00. The van der Waals surface area contributed by atoms with Gasteiger partial charge in [-0.25, -0.2) is 4.99 Å². The van der Waals surface area contributed by atoms with Crippen LogP contribution in [0.3, 0.4) is 0 Å². The van der Waals surface area contributed by atoms with E-state index in [4.69, 9.17) is 4.99 Å². The van der Waals surface area contributed by atoms with E-state index in [1.54, 1.807) is 0 Å². The van der Waals surface area contributed by atoms with Crippen molar-refractivity contribution in [1.82, 2.24) is 25.4 Å². The van der Waals surface area contributed by atoms with E-state index < -0.39 is 0 Å². The van der Waals surface area contributed by atoms with Gasteiger partial charge in [-0.15, -0.1) is 10.2 Å². The Kier molecular flexibility index (Phi) is 6.68.